The molecule has 0 saturated heterocycles. The molecule has 1 rings (SSSR count). The Kier molecular flexibility index (Phi) is 4.35. The lowest BCUT2D eigenvalue weighted by Gasteiger charge is -2.20. The fourth-order valence-electron chi connectivity index (χ4n) is 1.16. The predicted molar refractivity (Wildman–Crippen MR) is 64.3 cm³/mol. The van der Waals surface area contributed by atoms with Crippen molar-refractivity contribution in [2.24, 2.45) is 0 Å². The summed E-state index contributed by atoms with van der Waals surface area (Å²) in [6, 6.07) is 0. The number of nitrogens with one attached hydrogen (secondary N) is 1. The SMILES string of the molecule is CCn1cnnc1SCC(=O)NC(C)(C)C. The Morgan fingerprint density at radius 1 is 1.56 bits per heavy atom. The second kappa shape index (κ2) is 5.34. The Hall–Kier alpha value is -1.04. The maximum atomic E-state index is 11.6. The molecule has 0 aromatic carbocycles. The van der Waals surface area contributed by atoms with Gasteiger partial charge >= 0.3 is 0 Å². The van der Waals surface area contributed by atoms with E-state index in [4.69, 9.17) is 0 Å². The van der Waals surface area contributed by atoms with Gasteiger partial charge in [-0.25, -0.2) is 0 Å². The summed E-state index contributed by atoms with van der Waals surface area (Å²) in [7, 11) is 0. The van der Waals surface area contributed by atoms with Crippen LogP contribution in [0.5, 0.6) is 0 Å². The number of hydrogen-bond donors (Lipinski definition) is 1. The molecular weight excluding hydrogens is 224 g/mol. The number of thioether (sulfide) groups is 1. The van der Waals surface area contributed by atoms with Gasteiger partial charge in [-0.3, -0.25) is 4.79 Å². The summed E-state index contributed by atoms with van der Waals surface area (Å²) in [5, 5.41) is 11.4. The van der Waals surface area contributed by atoms with E-state index in [-0.39, 0.29) is 11.4 Å². The van der Waals surface area contributed by atoms with Crippen molar-refractivity contribution in [3.8, 4) is 0 Å². The van der Waals surface area contributed by atoms with Gasteiger partial charge in [-0.15, -0.1) is 10.2 Å². The molecule has 0 atom stereocenters. The monoisotopic (exact) mass is 242 g/mol. The first-order valence-electron chi connectivity index (χ1n) is 5.24. The highest BCUT2D eigenvalue weighted by atomic mass is 32.2. The van der Waals surface area contributed by atoms with Crippen molar-refractivity contribution in [1.82, 2.24) is 20.1 Å². The average molecular weight is 242 g/mol. The summed E-state index contributed by atoms with van der Waals surface area (Å²) < 4.78 is 1.91. The molecule has 0 unspecified atom stereocenters. The molecule has 0 fully saturated rings. The molecule has 90 valence electrons. The Balaban J connectivity index is 2.43. The second-order valence-electron chi connectivity index (χ2n) is 4.49. The number of aryl methyl sites for hydroxylation is 1. The van der Waals surface area contributed by atoms with E-state index in [0.717, 1.165) is 11.7 Å². The van der Waals surface area contributed by atoms with Gasteiger partial charge < -0.3 is 9.88 Å². The van der Waals surface area contributed by atoms with Crippen molar-refractivity contribution >= 4 is 17.7 Å². The molecule has 0 bridgehead atoms. The van der Waals surface area contributed by atoms with Gasteiger partial charge in [-0.1, -0.05) is 11.8 Å². The van der Waals surface area contributed by atoms with E-state index in [1.165, 1.54) is 11.8 Å². The molecule has 1 amide bonds. The fourth-order valence-corrected chi connectivity index (χ4v) is 1.94. The summed E-state index contributed by atoms with van der Waals surface area (Å²) in [6.07, 6.45) is 1.67. The maximum absolute atomic E-state index is 11.6. The average Bonchev–Trinajstić information content (AvgIpc) is 2.59. The van der Waals surface area contributed by atoms with Crippen molar-refractivity contribution in [2.75, 3.05) is 5.75 Å². The van der Waals surface area contributed by atoms with Gasteiger partial charge in [-0.2, -0.15) is 0 Å². The summed E-state index contributed by atoms with van der Waals surface area (Å²) in [6.45, 7) is 8.72. The normalized spacial score (nSPS) is 11.5. The zero-order valence-electron chi connectivity index (χ0n) is 10.1. The van der Waals surface area contributed by atoms with Crippen LogP contribution in [0.4, 0.5) is 0 Å². The smallest absolute Gasteiger partial charge is 0.230 e. The molecule has 1 aromatic heterocycles. The van der Waals surface area contributed by atoms with E-state index >= 15 is 0 Å². The van der Waals surface area contributed by atoms with Gasteiger partial charge in [0.2, 0.25) is 5.91 Å². The van der Waals surface area contributed by atoms with Crippen molar-refractivity contribution in [3.05, 3.63) is 6.33 Å². The lowest BCUT2D eigenvalue weighted by atomic mass is 10.1. The van der Waals surface area contributed by atoms with E-state index in [1.807, 2.05) is 32.3 Å². The molecule has 1 N–H and O–H groups in total. The van der Waals surface area contributed by atoms with Gasteiger partial charge in [0.1, 0.15) is 6.33 Å². The number of carbonyl (C=O) groups excluding carboxylic acids is 1. The lowest BCUT2D eigenvalue weighted by Crippen LogP contribution is -2.41. The van der Waals surface area contributed by atoms with Crippen LogP contribution < -0.4 is 5.32 Å². The number of aromatic nitrogens is 3. The van der Waals surface area contributed by atoms with Gasteiger partial charge in [0.25, 0.3) is 0 Å². The maximum Gasteiger partial charge on any atom is 0.230 e. The van der Waals surface area contributed by atoms with Gasteiger partial charge in [0.15, 0.2) is 5.16 Å². The van der Waals surface area contributed by atoms with Crippen LogP contribution in [0.15, 0.2) is 11.5 Å². The van der Waals surface area contributed by atoms with Gasteiger partial charge in [0.05, 0.1) is 5.75 Å². The zero-order chi connectivity index (χ0) is 12.2. The number of amides is 1. The molecule has 1 aromatic rings. The lowest BCUT2D eigenvalue weighted by molar-refractivity contribution is -0.119. The van der Waals surface area contributed by atoms with E-state index < -0.39 is 0 Å². The topological polar surface area (TPSA) is 59.8 Å². The Bertz CT molecular complexity index is 356. The summed E-state index contributed by atoms with van der Waals surface area (Å²) >= 11 is 1.40. The van der Waals surface area contributed by atoms with Crippen LogP contribution in [-0.2, 0) is 11.3 Å². The molecule has 1 heterocycles. The largest absolute Gasteiger partial charge is 0.351 e. The van der Waals surface area contributed by atoms with E-state index in [1.54, 1.807) is 6.33 Å². The molecule has 5 nitrogen and oxygen atoms in total. The minimum absolute atomic E-state index is 0.0168. The minimum Gasteiger partial charge on any atom is -0.351 e. The molecule has 0 saturated carbocycles. The first kappa shape index (κ1) is 13.0. The van der Waals surface area contributed by atoms with Crippen molar-refractivity contribution in [3.63, 3.8) is 0 Å². The van der Waals surface area contributed by atoms with Crippen LogP contribution >= 0.6 is 11.8 Å². The molecule has 16 heavy (non-hydrogen) atoms. The Morgan fingerprint density at radius 3 is 2.81 bits per heavy atom. The molecule has 0 aliphatic rings. The first-order chi connectivity index (χ1) is 7.42. The number of hydrogen-bond acceptors (Lipinski definition) is 4. The van der Waals surface area contributed by atoms with Crippen LogP contribution in [0.25, 0.3) is 0 Å². The van der Waals surface area contributed by atoms with Crippen LogP contribution in [0, 0.1) is 0 Å². The molecule has 0 radical (unpaired) electrons. The molecular formula is C10H18N4OS. The van der Waals surface area contributed by atoms with Crippen LogP contribution in [0.2, 0.25) is 0 Å². The van der Waals surface area contributed by atoms with Crippen molar-refractivity contribution in [2.45, 2.75) is 44.9 Å². The van der Waals surface area contributed by atoms with Crippen molar-refractivity contribution < 1.29 is 4.79 Å². The van der Waals surface area contributed by atoms with Gasteiger partial charge in [-0.05, 0) is 27.7 Å². The molecule has 0 aliphatic carbocycles. The van der Waals surface area contributed by atoms with Crippen molar-refractivity contribution in [1.29, 1.82) is 0 Å². The van der Waals surface area contributed by atoms with E-state index in [0.29, 0.717) is 5.75 Å². The summed E-state index contributed by atoms with van der Waals surface area (Å²) in [4.78, 5) is 11.6. The highest BCUT2D eigenvalue weighted by Crippen LogP contribution is 2.14. The first-order valence-corrected chi connectivity index (χ1v) is 6.22. The van der Waals surface area contributed by atoms with Crippen LogP contribution in [-0.4, -0.2) is 32.0 Å². The summed E-state index contributed by atoms with van der Waals surface area (Å²) in [5.74, 6) is 0.388. The standard InChI is InChI=1S/C10H18N4OS/c1-5-14-7-11-13-9(14)16-6-8(15)12-10(2,3)4/h7H,5-6H2,1-4H3,(H,12,15). The van der Waals surface area contributed by atoms with E-state index in [2.05, 4.69) is 15.5 Å². The molecule has 0 aliphatic heterocycles. The third kappa shape index (κ3) is 4.22. The quantitative estimate of drug-likeness (QED) is 0.809. The second-order valence-corrected chi connectivity index (χ2v) is 5.43. The predicted octanol–water partition coefficient (Wildman–Crippen LogP) is 1.30. The highest BCUT2D eigenvalue weighted by Gasteiger charge is 2.14. The Morgan fingerprint density at radius 2 is 2.25 bits per heavy atom. The summed E-state index contributed by atoms with van der Waals surface area (Å²) in [5.41, 5.74) is -0.184. The zero-order valence-corrected chi connectivity index (χ0v) is 11.0. The third-order valence-electron chi connectivity index (χ3n) is 1.77. The van der Waals surface area contributed by atoms with E-state index in [9.17, 15) is 4.79 Å². The van der Waals surface area contributed by atoms with Crippen LogP contribution in [0.1, 0.15) is 27.7 Å². The molecule has 6 heteroatoms. The highest BCUT2D eigenvalue weighted by molar-refractivity contribution is 7.99. The van der Waals surface area contributed by atoms with Crippen LogP contribution in [0.3, 0.4) is 0 Å². The number of nitrogens with zero attached hydrogens (tertiary/aromatic N) is 3. The van der Waals surface area contributed by atoms with Gasteiger partial charge in [0, 0.05) is 12.1 Å². The fraction of sp³-hybridized carbons (Fsp3) is 0.700. The minimum atomic E-state index is -0.184. The number of carbonyl (C=O) groups is 1. The third-order valence-corrected chi connectivity index (χ3v) is 2.75. The number of rotatable bonds is 4. The Labute approximate surface area is 100 Å². The molecule has 0 spiro atoms.